The molecule has 0 radical (unpaired) electrons. The number of hydrogen-bond acceptors (Lipinski definition) is 7. The van der Waals surface area contributed by atoms with Crippen LogP contribution in [0.3, 0.4) is 0 Å². The molecule has 2 rings (SSSR count). The molecule has 0 aliphatic heterocycles. The van der Waals surface area contributed by atoms with Crippen molar-refractivity contribution in [2.75, 3.05) is 0 Å². The Morgan fingerprint density at radius 1 is 1.44 bits per heavy atom. The third-order valence-corrected chi connectivity index (χ3v) is 2.75. The number of nitrogens with two attached hydrogens (primary N) is 1. The fourth-order valence-electron chi connectivity index (χ4n) is 1.14. The zero-order valence-electron chi connectivity index (χ0n) is 8.95. The summed E-state index contributed by atoms with van der Waals surface area (Å²) in [5.74, 6) is 0. The standard InChI is InChI=1S/C8H11N7S/c1-5-3-6(4-9)11-7(10-5)16-8-12-13-14-15(8)2/h3H,4,9H2,1-2H3. The second-order valence-electron chi connectivity index (χ2n) is 3.17. The van der Waals surface area contributed by atoms with E-state index in [2.05, 4.69) is 25.5 Å². The van der Waals surface area contributed by atoms with E-state index >= 15 is 0 Å². The zero-order chi connectivity index (χ0) is 11.5. The van der Waals surface area contributed by atoms with Crippen molar-refractivity contribution in [3.8, 4) is 0 Å². The first-order valence-corrected chi connectivity index (χ1v) is 5.45. The van der Waals surface area contributed by atoms with Crippen molar-refractivity contribution in [2.45, 2.75) is 23.8 Å². The normalized spacial score (nSPS) is 10.7. The molecule has 2 aromatic heterocycles. The number of rotatable bonds is 3. The molecule has 0 unspecified atom stereocenters. The van der Waals surface area contributed by atoms with Crippen molar-refractivity contribution in [3.05, 3.63) is 17.5 Å². The van der Waals surface area contributed by atoms with E-state index in [0.717, 1.165) is 11.4 Å². The van der Waals surface area contributed by atoms with E-state index in [-0.39, 0.29) is 0 Å². The van der Waals surface area contributed by atoms with Gasteiger partial charge in [0.25, 0.3) is 0 Å². The summed E-state index contributed by atoms with van der Waals surface area (Å²) >= 11 is 1.31. The summed E-state index contributed by atoms with van der Waals surface area (Å²) in [6.07, 6.45) is 0. The maximum absolute atomic E-state index is 5.55. The fourth-order valence-corrected chi connectivity index (χ4v) is 1.91. The Balaban J connectivity index is 2.28. The molecule has 0 bridgehead atoms. The second-order valence-corrected chi connectivity index (χ2v) is 4.11. The topological polar surface area (TPSA) is 95.4 Å². The van der Waals surface area contributed by atoms with E-state index < -0.39 is 0 Å². The Morgan fingerprint density at radius 2 is 2.25 bits per heavy atom. The third kappa shape index (κ3) is 2.34. The number of aryl methyl sites for hydroxylation is 2. The van der Waals surface area contributed by atoms with Gasteiger partial charge < -0.3 is 5.73 Å². The highest BCUT2D eigenvalue weighted by Gasteiger charge is 2.08. The SMILES string of the molecule is Cc1cc(CN)nc(Sc2nnnn2C)n1. The minimum absolute atomic E-state index is 0.397. The lowest BCUT2D eigenvalue weighted by atomic mass is 10.3. The largest absolute Gasteiger partial charge is 0.325 e. The molecule has 2 N–H and O–H groups in total. The van der Waals surface area contributed by atoms with Gasteiger partial charge in [0, 0.05) is 19.3 Å². The van der Waals surface area contributed by atoms with Crippen LogP contribution in [0.4, 0.5) is 0 Å². The summed E-state index contributed by atoms with van der Waals surface area (Å²) in [6, 6.07) is 1.86. The lowest BCUT2D eigenvalue weighted by molar-refractivity contribution is 0.663. The van der Waals surface area contributed by atoms with Crippen LogP contribution in [0.1, 0.15) is 11.4 Å². The van der Waals surface area contributed by atoms with Gasteiger partial charge in [0.1, 0.15) is 0 Å². The van der Waals surface area contributed by atoms with E-state index in [4.69, 9.17) is 5.73 Å². The van der Waals surface area contributed by atoms with Gasteiger partial charge in [0.05, 0.1) is 5.69 Å². The van der Waals surface area contributed by atoms with Crippen LogP contribution in [0.2, 0.25) is 0 Å². The summed E-state index contributed by atoms with van der Waals surface area (Å²) in [5, 5.41) is 12.4. The molecule has 0 aliphatic rings. The second kappa shape index (κ2) is 4.54. The molecule has 0 amide bonds. The molecule has 16 heavy (non-hydrogen) atoms. The van der Waals surface area contributed by atoms with Crippen molar-refractivity contribution in [3.63, 3.8) is 0 Å². The molecule has 0 aromatic carbocycles. The molecule has 0 saturated carbocycles. The van der Waals surface area contributed by atoms with E-state index in [9.17, 15) is 0 Å². The Kier molecular flexibility index (Phi) is 3.11. The highest BCUT2D eigenvalue weighted by molar-refractivity contribution is 7.99. The van der Waals surface area contributed by atoms with E-state index in [0.29, 0.717) is 16.9 Å². The molecule has 2 heterocycles. The zero-order valence-corrected chi connectivity index (χ0v) is 9.77. The van der Waals surface area contributed by atoms with Gasteiger partial charge in [-0.1, -0.05) is 0 Å². The van der Waals surface area contributed by atoms with Gasteiger partial charge in [-0.25, -0.2) is 14.6 Å². The summed E-state index contributed by atoms with van der Waals surface area (Å²) in [7, 11) is 1.77. The highest BCUT2D eigenvalue weighted by Crippen LogP contribution is 2.21. The summed E-state index contributed by atoms with van der Waals surface area (Å²) in [4.78, 5) is 8.57. The van der Waals surface area contributed by atoms with Crippen molar-refractivity contribution in [1.82, 2.24) is 30.2 Å². The number of aromatic nitrogens is 6. The first kappa shape index (κ1) is 11.0. The van der Waals surface area contributed by atoms with Gasteiger partial charge in [-0.05, 0) is 35.2 Å². The Bertz CT molecular complexity index is 495. The van der Waals surface area contributed by atoms with Crippen LogP contribution < -0.4 is 5.73 Å². The van der Waals surface area contributed by atoms with Gasteiger partial charge >= 0.3 is 0 Å². The van der Waals surface area contributed by atoms with E-state index in [1.165, 1.54) is 11.8 Å². The van der Waals surface area contributed by atoms with Crippen LogP contribution in [0.5, 0.6) is 0 Å². The van der Waals surface area contributed by atoms with Crippen LogP contribution in [0, 0.1) is 6.92 Å². The lowest BCUT2D eigenvalue weighted by Gasteiger charge is -2.02. The molecular weight excluding hydrogens is 226 g/mol. The molecular formula is C8H11N7S. The first-order valence-electron chi connectivity index (χ1n) is 4.64. The van der Waals surface area contributed by atoms with Gasteiger partial charge in [0.2, 0.25) is 5.16 Å². The fraction of sp³-hybridized carbons (Fsp3) is 0.375. The van der Waals surface area contributed by atoms with Gasteiger partial charge in [-0.2, -0.15) is 0 Å². The molecule has 0 fully saturated rings. The predicted molar refractivity (Wildman–Crippen MR) is 57.6 cm³/mol. The summed E-state index contributed by atoms with van der Waals surface area (Å²) in [6.45, 7) is 2.30. The van der Waals surface area contributed by atoms with Crippen LogP contribution in [0.25, 0.3) is 0 Å². The predicted octanol–water partition coefficient (Wildman–Crippen LogP) is -0.0816. The van der Waals surface area contributed by atoms with Crippen molar-refractivity contribution >= 4 is 11.8 Å². The molecule has 7 nitrogen and oxygen atoms in total. The van der Waals surface area contributed by atoms with Gasteiger partial charge in [-0.3, -0.25) is 0 Å². The van der Waals surface area contributed by atoms with E-state index in [1.54, 1.807) is 11.7 Å². The van der Waals surface area contributed by atoms with Crippen LogP contribution in [0.15, 0.2) is 16.4 Å². The lowest BCUT2D eigenvalue weighted by Crippen LogP contribution is -2.03. The van der Waals surface area contributed by atoms with Crippen LogP contribution in [-0.2, 0) is 13.6 Å². The number of nitrogens with zero attached hydrogens (tertiary/aromatic N) is 6. The Labute approximate surface area is 96.5 Å². The number of tetrazole rings is 1. The number of hydrogen-bond donors (Lipinski definition) is 1. The van der Waals surface area contributed by atoms with Crippen molar-refractivity contribution in [1.29, 1.82) is 0 Å². The monoisotopic (exact) mass is 237 g/mol. The molecule has 0 spiro atoms. The Hall–Kier alpha value is -1.54. The molecule has 0 atom stereocenters. The summed E-state index contributed by atoms with van der Waals surface area (Å²) < 4.78 is 1.57. The molecule has 2 aromatic rings. The molecule has 84 valence electrons. The minimum atomic E-state index is 0.397. The average molecular weight is 237 g/mol. The summed E-state index contributed by atoms with van der Waals surface area (Å²) in [5.41, 5.74) is 7.24. The molecule has 0 saturated heterocycles. The van der Waals surface area contributed by atoms with Gasteiger partial charge in [-0.15, -0.1) is 5.10 Å². The quantitative estimate of drug-likeness (QED) is 0.746. The van der Waals surface area contributed by atoms with Crippen molar-refractivity contribution in [2.24, 2.45) is 12.8 Å². The maximum atomic E-state index is 5.55. The van der Waals surface area contributed by atoms with Gasteiger partial charge in [0.15, 0.2) is 5.16 Å². The molecule has 0 aliphatic carbocycles. The van der Waals surface area contributed by atoms with Crippen molar-refractivity contribution < 1.29 is 0 Å². The van der Waals surface area contributed by atoms with Crippen LogP contribution >= 0.6 is 11.8 Å². The first-order chi connectivity index (χ1) is 7.69. The average Bonchev–Trinajstić information content (AvgIpc) is 2.63. The molecule has 8 heteroatoms. The highest BCUT2D eigenvalue weighted by atomic mass is 32.2. The van der Waals surface area contributed by atoms with E-state index in [1.807, 2.05) is 13.0 Å². The maximum Gasteiger partial charge on any atom is 0.216 e. The smallest absolute Gasteiger partial charge is 0.216 e. The van der Waals surface area contributed by atoms with Crippen LogP contribution in [-0.4, -0.2) is 30.2 Å². The minimum Gasteiger partial charge on any atom is -0.325 e. The Morgan fingerprint density at radius 3 is 2.88 bits per heavy atom. The third-order valence-electron chi connectivity index (χ3n) is 1.86.